The number of nitro benzene ring substituents is 1. The summed E-state index contributed by atoms with van der Waals surface area (Å²) in [4.78, 5) is 10.0. The van der Waals surface area contributed by atoms with Crippen molar-refractivity contribution in [3.63, 3.8) is 0 Å². The van der Waals surface area contributed by atoms with Gasteiger partial charge < -0.3 is 5.73 Å². The van der Waals surface area contributed by atoms with Crippen LogP contribution in [0.4, 0.5) is 5.69 Å². The van der Waals surface area contributed by atoms with Crippen molar-refractivity contribution in [1.29, 1.82) is 5.26 Å². The van der Waals surface area contributed by atoms with Gasteiger partial charge in [0.1, 0.15) is 16.5 Å². The molecule has 1 saturated heterocycles. The number of nitro groups is 1. The van der Waals surface area contributed by atoms with E-state index in [-0.39, 0.29) is 42.2 Å². The van der Waals surface area contributed by atoms with E-state index in [0.29, 0.717) is 6.54 Å². The molecule has 148 valence electrons. The van der Waals surface area contributed by atoms with Crippen LogP contribution in [0.3, 0.4) is 0 Å². The maximum atomic E-state index is 13.1. The maximum absolute atomic E-state index is 13.1. The van der Waals surface area contributed by atoms with Gasteiger partial charge in [-0.15, -0.1) is 12.4 Å². The lowest BCUT2D eigenvalue weighted by molar-refractivity contribution is -0.385. The van der Waals surface area contributed by atoms with Gasteiger partial charge in [-0.25, -0.2) is 8.42 Å². The van der Waals surface area contributed by atoms with E-state index >= 15 is 0 Å². The topological polar surface area (TPSA) is 130 Å². The summed E-state index contributed by atoms with van der Waals surface area (Å²) >= 11 is 0. The Morgan fingerprint density at radius 2 is 1.86 bits per heavy atom. The average Bonchev–Trinajstić information content (AvgIpc) is 3.13. The molecule has 1 aliphatic heterocycles. The molecule has 0 radical (unpaired) electrons. The van der Waals surface area contributed by atoms with E-state index in [1.54, 1.807) is 6.07 Å². The lowest BCUT2D eigenvalue weighted by Gasteiger charge is -2.17. The van der Waals surface area contributed by atoms with Crippen LogP contribution in [0.15, 0.2) is 53.4 Å². The van der Waals surface area contributed by atoms with Gasteiger partial charge in [-0.3, -0.25) is 10.1 Å². The summed E-state index contributed by atoms with van der Waals surface area (Å²) in [6, 6.07) is 14.8. The van der Waals surface area contributed by atoms with E-state index in [1.807, 2.05) is 30.3 Å². The second-order valence-electron chi connectivity index (χ2n) is 6.35. The Bertz CT molecular complexity index is 1010. The highest BCUT2D eigenvalue weighted by Crippen LogP contribution is 2.36. The molecule has 10 heteroatoms. The van der Waals surface area contributed by atoms with Crippen LogP contribution in [-0.4, -0.2) is 37.3 Å². The van der Waals surface area contributed by atoms with Gasteiger partial charge in [0.15, 0.2) is 0 Å². The van der Waals surface area contributed by atoms with Crippen LogP contribution in [0.1, 0.15) is 17.0 Å². The van der Waals surface area contributed by atoms with Gasteiger partial charge >= 0.3 is 0 Å². The average molecular weight is 423 g/mol. The van der Waals surface area contributed by atoms with Crippen LogP contribution >= 0.6 is 12.4 Å². The molecule has 2 atom stereocenters. The molecule has 1 aliphatic rings. The summed E-state index contributed by atoms with van der Waals surface area (Å²) in [7, 11) is -4.07. The van der Waals surface area contributed by atoms with Crippen molar-refractivity contribution < 1.29 is 13.3 Å². The van der Waals surface area contributed by atoms with Crippen molar-refractivity contribution in [1.82, 2.24) is 4.31 Å². The number of rotatable bonds is 5. The summed E-state index contributed by atoms with van der Waals surface area (Å²) in [5.74, 6) is -0.151. The molecule has 28 heavy (non-hydrogen) atoms. The van der Waals surface area contributed by atoms with Crippen molar-refractivity contribution in [2.24, 2.45) is 11.7 Å². The number of nitrogens with zero attached hydrogens (tertiary/aromatic N) is 3. The number of halogens is 1. The molecule has 1 fully saturated rings. The normalized spacial score (nSPS) is 19.6. The third-order valence-electron chi connectivity index (χ3n) is 4.87. The minimum atomic E-state index is -4.07. The van der Waals surface area contributed by atoms with Crippen molar-refractivity contribution in [3.8, 4) is 6.07 Å². The summed E-state index contributed by atoms with van der Waals surface area (Å²) in [6.45, 7) is 0.722. The fourth-order valence-corrected chi connectivity index (χ4v) is 5.16. The zero-order valence-electron chi connectivity index (χ0n) is 14.8. The first-order valence-electron chi connectivity index (χ1n) is 8.32. The fourth-order valence-electron chi connectivity index (χ4n) is 3.48. The van der Waals surface area contributed by atoms with Crippen LogP contribution in [-0.2, 0) is 10.0 Å². The third-order valence-corrected chi connectivity index (χ3v) is 6.74. The lowest BCUT2D eigenvalue weighted by atomic mass is 9.89. The molecule has 3 rings (SSSR count). The molecule has 0 spiro atoms. The minimum Gasteiger partial charge on any atom is -0.330 e. The molecule has 0 bridgehead atoms. The van der Waals surface area contributed by atoms with Crippen molar-refractivity contribution in [2.75, 3.05) is 19.6 Å². The van der Waals surface area contributed by atoms with E-state index in [0.717, 1.165) is 11.6 Å². The summed E-state index contributed by atoms with van der Waals surface area (Å²) in [5, 5.41) is 20.5. The lowest BCUT2D eigenvalue weighted by Crippen LogP contribution is -2.30. The number of hydrogen-bond acceptors (Lipinski definition) is 6. The monoisotopic (exact) mass is 422 g/mol. The highest BCUT2D eigenvalue weighted by atomic mass is 35.5. The first-order valence-corrected chi connectivity index (χ1v) is 9.76. The summed E-state index contributed by atoms with van der Waals surface area (Å²) in [6.07, 6.45) is 0. The summed E-state index contributed by atoms with van der Waals surface area (Å²) in [5.41, 5.74) is 5.88. The summed E-state index contributed by atoms with van der Waals surface area (Å²) < 4.78 is 27.5. The van der Waals surface area contributed by atoms with E-state index in [9.17, 15) is 23.8 Å². The molecule has 1 heterocycles. The smallest absolute Gasteiger partial charge is 0.288 e. The molecule has 2 aromatic carbocycles. The van der Waals surface area contributed by atoms with Crippen molar-refractivity contribution in [2.45, 2.75) is 10.8 Å². The quantitative estimate of drug-likeness (QED) is 0.580. The minimum absolute atomic E-state index is 0. The van der Waals surface area contributed by atoms with Crippen LogP contribution in [0, 0.1) is 27.4 Å². The Morgan fingerprint density at radius 1 is 1.18 bits per heavy atom. The largest absolute Gasteiger partial charge is 0.330 e. The van der Waals surface area contributed by atoms with Crippen LogP contribution < -0.4 is 5.73 Å². The van der Waals surface area contributed by atoms with E-state index in [4.69, 9.17) is 5.73 Å². The first kappa shape index (κ1) is 21.8. The van der Waals surface area contributed by atoms with Crippen molar-refractivity contribution >= 4 is 28.1 Å². The van der Waals surface area contributed by atoms with E-state index in [1.165, 1.54) is 16.4 Å². The Labute approximate surface area is 169 Å². The molecular formula is C18H19ClN4O4S. The van der Waals surface area contributed by atoms with Gasteiger partial charge in [-0.05, 0) is 24.1 Å². The Kier molecular flexibility index (Phi) is 6.74. The Morgan fingerprint density at radius 3 is 2.43 bits per heavy atom. The maximum Gasteiger partial charge on any atom is 0.288 e. The number of hydrogen-bond donors (Lipinski definition) is 1. The molecule has 0 aromatic heterocycles. The molecular weight excluding hydrogens is 404 g/mol. The van der Waals surface area contributed by atoms with E-state index < -0.39 is 26.2 Å². The van der Waals surface area contributed by atoms with Gasteiger partial charge in [0.2, 0.25) is 10.0 Å². The molecule has 2 N–H and O–H groups in total. The number of sulfonamides is 1. The molecule has 0 amide bonds. The van der Waals surface area contributed by atoms with Gasteiger partial charge in [0.25, 0.3) is 5.69 Å². The van der Waals surface area contributed by atoms with Gasteiger partial charge in [0, 0.05) is 25.1 Å². The molecule has 8 nitrogen and oxygen atoms in total. The predicted molar refractivity (Wildman–Crippen MR) is 106 cm³/mol. The fraction of sp³-hybridized carbons (Fsp3) is 0.278. The SMILES string of the molecule is Cl.N#Cc1c([N+](=O)[O-])cccc1S(=O)(=O)N1C[C@@H](CN)[C@H](c2ccccc2)C1. The highest BCUT2D eigenvalue weighted by Gasteiger charge is 2.41. The standard InChI is InChI=1S/C18H18N4O4S.ClH/c19-9-14-11-21(12-16(14)13-5-2-1-3-6-13)27(25,26)18-8-4-7-17(22(23)24)15(18)10-20;/h1-8,14,16H,9,11-12,19H2;1H/t14-,16+;/m1./s1. The second kappa shape index (κ2) is 8.67. The van der Waals surface area contributed by atoms with Crippen LogP contribution in [0.5, 0.6) is 0 Å². The second-order valence-corrected chi connectivity index (χ2v) is 8.26. The number of nitriles is 1. The molecule has 0 saturated carbocycles. The molecule has 2 aromatic rings. The highest BCUT2D eigenvalue weighted by molar-refractivity contribution is 7.89. The first-order chi connectivity index (χ1) is 12.9. The molecule has 0 aliphatic carbocycles. The predicted octanol–water partition coefficient (Wildman–Crippen LogP) is 2.25. The zero-order valence-corrected chi connectivity index (χ0v) is 16.4. The van der Waals surface area contributed by atoms with E-state index in [2.05, 4.69) is 0 Å². The van der Waals surface area contributed by atoms with Crippen LogP contribution in [0.25, 0.3) is 0 Å². The van der Waals surface area contributed by atoms with Gasteiger partial charge in [-0.2, -0.15) is 9.57 Å². The Hall–Kier alpha value is -2.51. The third kappa shape index (κ3) is 3.86. The van der Waals surface area contributed by atoms with Gasteiger partial charge in [0.05, 0.1) is 4.92 Å². The Balaban J connectivity index is 0.00000280. The van der Waals surface area contributed by atoms with Crippen LogP contribution in [0.2, 0.25) is 0 Å². The molecule has 0 unspecified atom stereocenters. The number of benzene rings is 2. The van der Waals surface area contributed by atoms with Crippen molar-refractivity contribution in [3.05, 3.63) is 69.8 Å². The van der Waals surface area contributed by atoms with Gasteiger partial charge in [-0.1, -0.05) is 36.4 Å². The number of nitrogens with two attached hydrogens (primary N) is 1. The zero-order chi connectivity index (χ0) is 19.6.